The number of fused-ring (bicyclic) bond motifs is 2. The molecule has 7 heteroatoms. The van der Waals surface area contributed by atoms with E-state index in [0.717, 1.165) is 49.6 Å². The zero-order chi connectivity index (χ0) is 20.8. The molecule has 0 radical (unpaired) electrons. The lowest BCUT2D eigenvalue weighted by molar-refractivity contribution is -0.110. The van der Waals surface area contributed by atoms with Crippen LogP contribution in [-0.4, -0.2) is 59.3 Å². The summed E-state index contributed by atoms with van der Waals surface area (Å²) >= 11 is 0. The standard InChI is InChI=1S/C23H25FN4O2/c1-14-20(13-17-16-12-15(24)4-5-18(16)26-22(17)29)25-19-6-9-28(23(30)21(14)19)11-10-27-7-2-3-8-27/h4-5,12-13,25H,2-3,6-11H2,1H3,(H,26,29)/b17-13-. The van der Waals surface area contributed by atoms with Gasteiger partial charge in [-0.2, -0.15) is 0 Å². The van der Waals surface area contributed by atoms with Gasteiger partial charge in [0.2, 0.25) is 0 Å². The van der Waals surface area contributed by atoms with Crippen LogP contribution in [-0.2, 0) is 11.2 Å². The molecule has 0 atom stereocenters. The summed E-state index contributed by atoms with van der Waals surface area (Å²) in [5.74, 6) is -0.597. The number of aromatic nitrogens is 1. The van der Waals surface area contributed by atoms with Crippen molar-refractivity contribution in [2.45, 2.75) is 26.2 Å². The fraction of sp³-hybridized carbons (Fsp3) is 0.391. The number of H-pyrrole nitrogens is 1. The largest absolute Gasteiger partial charge is 0.358 e. The lowest BCUT2D eigenvalue weighted by Gasteiger charge is -2.29. The van der Waals surface area contributed by atoms with E-state index in [1.54, 1.807) is 12.1 Å². The van der Waals surface area contributed by atoms with Gasteiger partial charge in [0.15, 0.2) is 0 Å². The number of aromatic amines is 1. The first-order valence-electron chi connectivity index (χ1n) is 10.6. The Morgan fingerprint density at radius 3 is 2.73 bits per heavy atom. The van der Waals surface area contributed by atoms with Crippen LogP contribution < -0.4 is 5.32 Å². The van der Waals surface area contributed by atoms with Gasteiger partial charge in [0.25, 0.3) is 11.8 Å². The highest BCUT2D eigenvalue weighted by Crippen LogP contribution is 2.35. The fourth-order valence-corrected chi connectivity index (χ4v) is 4.74. The topological polar surface area (TPSA) is 68.4 Å². The average molecular weight is 408 g/mol. The van der Waals surface area contributed by atoms with E-state index in [9.17, 15) is 14.0 Å². The number of likely N-dealkylation sites (tertiary alicyclic amines) is 1. The second-order valence-corrected chi connectivity index (χ2v) is 8.31. The van der Waals surface area contributed by atoms with E-state index in [1.165, 1.54) is 25.0 Å². The van der Waals surface area contributed by atoms with Gasteiger partial charge in [-0.3, -0.25) is 9.59 Å². The molecule has 1 fully saturated rings. The van der Waals surface area contributed by atoms with Crippen LogP contribution in [0.4, 0.5) is 10.1 Å². The third kappa shape index (κ3) is 3.23. The van der Waals surface area contributed by atoms with Crippen molar-refractivity contribution in [1.29, 1.82) is 0 Å². The molecule has 6 nitrogen and oxygen atoms in total. The Balaban J connectivity index is 1.42. The van der Waals surface area contributed by atoms with Gasteiger partial charge in [0, 0.05) is 48.7 Å². The summed E-state index contributed by atoms with van der Waals surface area (Å²) in [5, 5.41) is 2.77. The van der Waals surface area contributed by atoms with E-state index in [0.29, 0.717) is 28.9 Å². The Labute approximate surface area is 174 Å². The molecular formula is C23H25FN4O2. The van der Waals surface area contributed by atoms with Crippen molar-refractivity contribution in [2.75, 3.05) is 38.0 Å². The predicted molar refractivity (Wildman–Crippen MR) is 114 cm³/mol. The van der Waals surface area contributed by atoms with E-state index < -0.39 is 0 Å². The summed E-state index contributed by atoms with van der Waals surface area (Å²) in [6, 6.07) is 4.26. The Hall–Kier alpha value is -2.93. The van der Waals surface area contributed by atoms with Crippen LogP contribution in [0.2, 0.25) is 0 Å². The number of hydrogen-bond acceptors (Lipinski definition) is 3. The van der Waals surface area contributed by atoms with Gasteiger partial charge in [-0.15, -0.1) is 0 Å². The van der Waals surface area contributed by atoms with Crippen molar-refractivity contribution in [1.82, 2.24) is 14.8 Å². The van der Waals surface area contributed by atoms with Crippen molar-refractivity contribution < 1.29 is 14.0 Å². The van der Waals surface area contributed by atoms with Gasteiger partial charge in [-0.05, 0) is 62.7 Å². The molecule has 1 aromatic carbocycles. The van der Waals surface area contributed by atoms with E-state index in [4.69, 9.17) is 0 Å². The van der Waals surface area contributed by atoms with Crippen LogP contribution in [0.3, 0.4) is 0 Å². The molecule has 0 unspecified atom stereocenters. The van der Waals surface area contributed by atoms with Crippen LogP contribution in [0.1, 0.15) is 45.7 Å². The Morgan fingerprint density at radius 2 is 1.93 bits per heavy atom. The van der Waals surface area contributed by atoms with Crippen molar-refractivity contribution >= 4 is 29.2 Å². The first-order valence-corrected chi connectivity index (χ1v) is 10.6. The highest BCUT2D eigenvalue weighted by atomic mass is 19.1. The fourth-order valence-electron chi connectivity index (χ4n) is 4.74. The second kappa shape index (κ2) is 7.40. The predicted octanol–water partition coefficient (Wildman–Crippen LogP) is 3.05. The molecule has 5 rings (SSSR count). The van der Waals surface area contributed by atoms with Crippen LogP contribution >= 0.6 is 0 Å². The molecule has 0 bridgehead atoms. The maximum absolute atomic E-state index is 13.7. The second-order valence-electron chi connectivity index (χ2n) is 8.31. The first kappa shape index (κ1) is 19.1. The third-order valence-corrected chi connectivity index (χ3v) is 6.44. The maximum Gasteiger partial charge on any atom is 0.256 e. The molecule has 1 aromatic heterocycles. The number of benzene rings is 1. The number of halogens is 1. The highest BCUT2D eigenvalue weighted by molar-refractivity contribution is 6.34. The minimum atomic E-state index is -0.387. The lowest BCUT2D eigenvalue weighted by Crippen LogP contribution is -2.42. The highest BCUT2D eigenvalue weighted by Gasteiger charge is 2.31. The average Bonchev–Trinajstić information content (AvgIpc) is 3.42. The number of carbonyl (C=O) groups excluding carboxylic acids is 2. The number of hydrogen-bond donors (Lipinski definition) is 2. The lowest BCUT2D eigenvalue weighted by atomic mass is 10.0. The zero-order valence-electron chi connectivity index (χ0n) is 17.1. The molecule has 30 heavy (non-hydrogen) atoms. The molecule has 0 aliphatic carbocycles. The molecular weight excluding hydrogens is 383 g/mol. The Kier molecular flexibility index (Phi) is 4.70. The van der Waals surface area contributed by atoms with Crippen LogP contribution in [0.5, 0.6) is 0 Å². The molecule has 0 saturated carbocycles. The summed E-state index contributed by atoms with van der Waals surface area (Å²) in [4.78, 5) is 33.3. The summed E-state index contributed by atoms with van der Waals surface area (Å²) in [6.07, 6.45) is 4.99. The number of nitrogens with one attached hydrogen (secondary N) is 2. The van der Waals surface area contributed by atoms with Gasteiger partial charge in [-0.1, -0.05) is 0 Å². The van der Waals surface area contributed by atoms with Crippen molar-refractivity contribution in [3.05, 3.63) is 52.1 Å². The number of rotatable bonds is 4. The molecule has 4 heterocycles. The van der Waals surface area contributed by atoms with E-state index >= 15 is 0 Å². The number of nitrogens with zero attached hydrogens (tertiary/aromatic N) is 2. The first-order chi connectivity index (χ1) is 14.5. The van der Waals surface area contributed by atoms with Crippen LogP contribution in [0.15, 0.2) is 18.2 Å². The Morgan fingerprint density at radius 1 is 1.13 bits per heavy atom. The minimum Gasteiger partial charge on any atom is -0.358 e. The van der Waals surface area contributed by atoms with E-state index in [-0.39, 0.29) is 17.6 Å². The SMILES string of the molecule is Cc1c(/C=C2\C(=O)Nc3ccc(F)cc32)[nH]c2c1C(=O)N(CCN1CCCC1)CC2. The number of carbonyl (C=O) groups is 2. The summed E-state index contributed by atoms with van der Waals surface area (Å²) in [6.45, 7) is 6.52. The van der Waals surface area contributed by atoms with Crippen molar-refractivity contribution in [3.63, 3.8) is 0 Å². The van der Waals surface area contributed by atoms with Crippen molar-refractivity contribution in [3.8, 4) is 0 Å². The summed E-state index contributed by atoms with van der Waals surface area (Å²) in [7, 11) is 0. The number of anilines is 1. The smallest absolute Gasteiger partial charge is 0.256 e. The summed E-state index contributed by atoms with van der Waals surface area (Å²) in [5.41, 5.74) is 4.76. The quantitative estimate of drug-likeness (QED) is 0.764. The minimum absolute atomic E-state index is 0.0520. The molecule has 0 spiro atoms. The van der Waals surface area contributed by atoms with Gasteiger partial charge in [-0.25, -0.2) is 4.39 Å². The molecule has 2 N–H and O–H groups in total. The number of amides is 2. The monoisotopic (exact) mass is 408 g/mol. The summed E-state index contributed by atoms with van der Waals surface area (Å²) < 4.78 is 13.7. The van der Waals surface area contributed by atoms with Gasteiger partial charge in [0.05, 0.1) is 11.1 Å². The third-order valence-electron chi connectivity index (χ3n) is 6.44. The maximum atomic E-state index is 13.7. The van der Waals surface area contributed by atoms with E-state index in [1.807, 2.05) is 11.8 Å². The van der Waals surface area contributed by atoms with Crippen LogP contribution in [0, 0.1) is 12.7 Å². The van der Waals surface area contributed by atoms with Crippen molar-refractivity contribution in [2.24, 2.45) is 0 Å². The van der Waals surface area contributed by atoms with E-state index in [2.05, 4.69) is 15.2 Å². The Bertz CT molecular complexity index is 1070. The van der Waals surface area contributed by atoms with Gasteiger partial charge < -0.3 is 20.1 Å². The molecule has 3 aliphatic heterocycles. The van der Waals surface area contributed by atoms with Gasteiger partial charge in [0.1, 0.15) is 5.82 Å². The molecule has 2 amide bonds. The zero-order valence-corrected chi connectivity index (χ0v) is 17.1. The van der Waals surface area contributed by atoms with Gasteiger partial charge >= 0.3 is 0 Å². The normalized spacial score (nSPS) is 20.1. The molecule has 3 aliphatic rings. The van der Waals surface area contributed by atoms with Crippen LogP contribution in [0.25, 0.3) is 11.6 Å². The molecule has 2 aromatic rings. The molecule has 156 valence electrons. The molecule has 1 saturated heterocycles.